The lowest BCUT2D eigenvalue weighted by Gasteiger charge is -2.12. The highest BCUT2D eigenvalue weighted by Gasteiger charge is 2.31. The fourth-order valence-corrected chi connectivity index (χ4v) is 2.01. The molecule has 0 aliphatic rings. The monoisotopic (exact) mass is 336 g/mol. The van der Waals surface area contributed by atoms with Gasteiger partial charge in [-0.25, -0.2) is 4.98 Å². The maximum absolute atomic E-state index is 12.7. The molecule has 1 N–H and O–H groups in total. The summed E-state index contributed by atoms with van der Waals surface area (Å²) in [5.74, 6) is 0.360. The molecule has 1 aromatic heterocycles. The number of rotatable bonds is 3. The Hall–Kier alpha value is -1.66. The van der Waals surface area contributed by atoms with Crippen molar-refractivity contribution in [2.75, 3.05) is 12.4 Å². The molecular formula is C13H9Cl2F3N2O. The van der Waals surface area contributed by atoms with E-state index in [9.17, 15) is 13.2 Å². The molecule has 2 aromatic rings. The second-order valence-corrected chi connectivity index (χ2v) is 4.83. The van der Waals surface area contributed by atoms with Crippen molar-refractivity contribution in [3.63, 3.8) is 0 Å². The van der Waals surface area contributed by atoms with E-state index in [0.717, 1.165) is 12.1 Å². The third kappa shape index (κ3) is 3.92. The van der Waals surface area contributed by atoms with Crippen LogP contribution < -0.4 is 10.1 Å². The first-order chi connectivity index (χ1) is 9.79. The normalized spacial score (nSPS) is 11.3. The summed E-state index contributed by atoms with van der Waals surface area (Å²) in [5, 5.41) is 2.86. The number of anilines is 2. The zero-order chi connectivity index (χ0) is 15.6. The predicted octanol–water partition coefficient (Wildman–Crippen LogP) is 5.16. The van der Waals surface area contributed by atoms with Crippen molar-refractivity contribution in [3.8, 4) is 5.75 Å². The van der Waals surface area contributed by atoms with E-state index in [1.165, 1.54) is 13.2 Å². The van der Waals surface area contributed by atoms with Gasteiger partial charge in [0.25, 0.3) is 0 Å². The van der Waals surface area contributed by atoms with E-state index in [1.807, 2.05) is 0 Å². The second-order valence-electron chi connectivity index (χ2n) is 4.04. The Morgan fingerprint density at radius 3 is 2.48 bits per heavy atom. The average Bonchev–Trinajstić information content (AvgIpc) is 2.39. The summed E-state index contributed by atoms with van der Waals surface area (Å²) in [5.41, 5.74) is -0.412. The first kappa shape index (κ1) is 15.7. The van der Waals surface area contributed by atoms with Gasteiger partial charge in [-0.2, -0.15) is 13.2 Å². The number of nitrogens with zero attached hydrogens (tertiary/aromatic N) is 1. The standard InChI is InChI=1S/C13H9Cl2F3N2O/c1-21-10-6-8(2-3-9(10)14)19-12-5-7(13(16,17)18)4-11(15)20-12/h2-6H,1H3,(H,19,20). The van der Waals surface area contributed by atoms with Crippen LogP contribution in [0.2, 0.25) is 10.2 Å². The number of alkyl halides is 3. The minimum absolute atomic E-state index is 0.0285. The van der Waals surface area contributed by atoms with Crippen LogP contribution in [0.15, 0.2) is 30.3 Å². The van der Waals surface area contributed by atoms with Crippen LogP contribution in [0, 0.1) is 0 Å². The fraction of sp³-hybridized carbons (Fsp3) is 0.154. The fourth-order valence-electron chi connectivity index (χ4n) is 1.61. The molecule has 112 valence electrons. The van der Waals surface area contributed by atoms with E-state index in [-0.39, 0.29) is 11.0 Å². The van der Waals surface area contributed by atoms with E-state index in [2.05, 4.69) is 10.3 Å². The van der Waals surface area contributed by atoms with Crippen LogP contribution >= 0.6 is 23.2 Å². The maximum atomic E-state index is 12.7. The Morgan fingerprint density at radius 2 is 1.86 bits per heavy atom. The van der Waals surface area contributed by atoms with E-state index in [4.69, 9.17) is 27.9 Å². The zero-order valence-electron chi connectivity index (χ0n) is 10.6. The third-order valence-electron chi connectivity index (χ3n) is 2.54. The summed E-state index contributed by atoms with van der Waals surface area (Å²) in [6.45, 7) is 0. The van der Waals surface area contributed by atoms with Gasteiger partial charge < -0.3 is 10.1 Å². The largest absolute Gasteiger partial charge is 0.495 e. The molecule has 21 heavy (non-hydrogen) atoms. The summed E-state index contributed by atoms with van der Waals surface area (Å²) in [4.78, 5) is 3.80. The van der Waals surface area contributed by atoms with Gasteiger partial charge >= 0.3 is 6.18 Å². The van der Waals surface area contributed by atoms with Crippen molar-refractivity contribution in [2.45, 2.75) is 6.18 Å². The molecule has 0 radical (unpaired) electrons. The smallest absolute Gasteiger partial charge is 0.416 e. The number of aromatic nitrogens is 1. The third-order valence-corrected chi connectivity index (χ3v) is 3.05. The topological polar surface area (TPSA) is 34.1 Å². The molecule has 8 heteroatoms. The van der Waals surface area contributed by atoms with Crippen LogP contribution in [-0.2, 0) is 6.18 Å². The Kier molecular flexibility index (Phi) is 4.49. The van der Waals surface area contributed by atoms with Crippen molar-refractivity contribution < 1.29 is 17.9 Å². The van der Waals surface area contributed by atoms with Crippen LogP contribution in [0.25, 0.3) is 0 Å². The van der Waals surface area contributed by atoms with E-state index in [1.54, 1.807) is 12.1 Å². The van der Waals surface area contributed by atoms with Gasteiger partial charge in [-0.1, -0.05) is 23.2 Å². The van der Waals surface area contributed by atoms with Crippen molar-refractivity contribution in [1.82, 2.24) is 4.98 Å². The molecule has 0 atom stereocenters. The van der Waals surface area contributed by atoms with Gasteiger partial charge in [-0.15, -0.1) is 0 Å². The lowest BCUT2D eigenvalue weighted by atomic mass is 10.2. The molecule has 0 saturated carbocycles. The van der Waals surface area contributed by atoms with Crippen LogP contribution in [0.3, 0.4) is 0 Å². The molecule has 1 aromatic carbocycles. The lowest BCUT2D eigenvalue weighted by molar-refractivity contribution is -0.137. The summed E-state index contributed by atoms with van der Waals surface area (Å²) in [6.07, 6.45) is -4.50. The minimum Gasteiger partial charge on any atom is -0.495 e. The van der Waals surface area contributed by atoms with Gasteiger partial charge in [0.2, 0.25) is 0 Å². The molecule has 0 unspecified atom stereocenters. The summed E-state index contributed by atoms with van der Waals surface area (Å²) < 4.78 is 43.1. The number of benzene rings is 1. The van der Waals surface area contributed by atoms with E-state index < -0.39 is 11.7 Å². The SMILES string of the molecule is COc1cc(Nc2cc(C(F)(F)F)cc(Cl)n2)ccc1Cl. The Morgan fingerprint density at radius 1 is 1.14 bits per heavy atom. The predicted molar refractivity (Wildman–Crippen MR) is 75.5 cm³/mol. The molecule has 0 aliphatic heterocycles. The Bertz CT molecular complexity index is 662. The Balaban J connectivity index is 2.33. The molecule has 1 heterocycles. The lowest BCUT2D eigenvalue weighted by Crippen LogP contribution is -2.06. The highest BCUT2D eigenvalue weighted by Crippen LogP contribution is 2.33. The second kappa shape index (κ2) is 5.99. The highest BCUT2D eigenvalue weighted by molar-refractivity contribution is 6.32. The molecule has 0 saturated heterocycles. The minimum atomic E-state index is -4.50. The maximum Gasteiger partial charge on any atom is 0.416 e. The molecule has 0 spiro atoms. The molecule has 0 amide bonds. The summed E-state index contributed by atoms with van der Waals surface area (Å²) >= 11 is 11.5. The number of methoxy groups -OCH3 is 1. The molecule has 0 aliphatic carbocycles. The summed E-state index contributed by atoms with van der Waals surface area (Å²) in [6, 6.07) is 6.30. The van der Waals surface area contributed by atoms with Crippen molar-refractivity contribution in [2.24, 2.45) is 0 Å². The first-order valence-corrected chi connectivity index (χ1v) is 6.40. The summed E-state index contributed by atoms with van der Waals surface area (Å²) in [7, 11) is 1.43. The van der Waals surface area contributed by atoms with E-state index in [0.29, 0.717) is 16.5 Å². The van der Waals surface area contributed by atoms with Crippen LogP contribution in [0.4, 0.5) is 24.7 Å². The number of hydrogen-bond donors (Lipinski definition) is 1. The van der Waals surface area contributed by atoms with Gasteiger partial charge in [0.15, 0.2) is 0 Å². The van der Waals surface area contributed by atoms with Crippen molar-refractivity contribution in [1.29, 1.82) is 0 Å². The van der Waals surface area contributed by atoms with Gasteiger partial charge in [0.05, 0.1) is 17.7 Å². The number of halogens is 5. The zero-order valence-corrected chi connectivity index (χ0v) is 12.1. The van der Waals surface area contributed by atoms with Gasteiger partial charge in [-0.05, 0) is 24.3 Å². The van der Waals surface area contributed by atoms with Crippen LogP contribution in [0.5, 0.6) is 5.75 Å². The van der Waals surface area contributed by atoms with Gasteiger partial charge in [-0.3, -0.25) is 0 Å². The van der Waals surface area contributed by atoms with Crippen molar-refractivity contribution >= 4 is 34.7 Å². The van der Waals surface area contributed by atoms with Crippen LogP contribution in [0.1, 0.15) is 5.56 Å². The average molecular weight is 337 g/mol. The number of pyridine rings is 1. The quantitative estimate of drug-likeness (QED) is 0.786. The number of hydrogen-bond acceptors (Lipinski definition) is 3. The molecule has 3 nitrogen and oxygen atoms in total. The molecular weight excluding hydrogens is 328 g/mol. The molecule has 2 rings (SSSR count). The van der Waals surface area contributed by atoms with Gasteiger partial charge in [0.1, 0.15) is 16.7 Å². The Labute approximate surface area is 128 Å². The van der Waals surface area contributed by atoms with E-state index >= 15 is 0 Å². The number of nitrogens with one attached hydrogen (secondary N) is 1. The van der Waals surface area contributed by atoms with Crippen LogP contribution in [-0.4, -0.2) is 12.1 Å². The molecule has 0 bridgehead atoms. The van der Waals surface area contributed by atoms with Crippen molar-refractivity contribution in [3.05, 3.63) is 46.1 Å². The number of ether oxygens (including phenoxy) is 1. The molecule has 0 fully saturated rings. The first-order valence-electron chi connectivity index (χ1n) is 5.65. The van der Waals surface area contributed by atoms with Gasteiger partial charge in [0, 0.05) is 11.8 Å². The highest BCUT2D eigenvalue weighted by atomic mass is 35.5.